The maximum absolute atomic E-state index is 8.71. The summed E-state index contributed by atoms with van der Waals surface area (Å²) in [5.41, 5.74) is 6.50. The van der Waals surface area contributed by atoms with E-state index in [1.165, 1.54) is 0 Å². The van der Waals surface area contributed by atoms with Gasteiger partial charge in [0.05, 0.1) is 0 Å². The SMILES string of the molecule is CCC(C#N)Oc1cccc(CN)c1. The van der Waals surface area contributed by atoms with Crippen LogP contribution in [-0.4, -0.2) is 6.10 Å². The summed E-state index contributed by atoms with van der Waals surface area (Å²) < 4.78 is 5.44. The van der Waals surface area contributed by atoms with Crippen molar-refractivity contribution in [2.24, 2.45) is 5.73 Å². The molecule has 1 rings (SSSR count). The molecular weight excluding hydrogens is 176 g/mol. The normalized spacial score (nSPS) is 11.8. The van der Waals surface area contributed by atoms with Crippen molar-refractivity contribution in [2.45, 2.75) is 26.0 Å². The quantitative estimate of drug-likeness (QED) is 0.787. The zero-order valence-electron chi connectivity index (χ0n) is 8.23. The Labute approximate surface area is 84.1 Å². The second-order valence-electron chi connectivity index (χ2n) is 3.00. The lowest BCUT2D eigenvalue weighted by atomic mass is 10.2. The minimum Gasteiger partial charge on any atom is -0.476 e. The van der Waals surface area contributed by atoms with E-state index in [2.05, 4.69) is 6.07 Å². The number of nitrogens with zero attached hydrogens (tertiary/aromatic N) is 1. The second kappa shape index (κ2) is 5.25. The molecule has 1 atom stereocenters. The molecule has 3 heteroatoms. The maximum Gasteiger partial charge on any atom is 0.184 e. The Bertz CT molecular complexity index is 330. The van der Waals surface area contributed by atoms with Crippen LogP contribution in [0.2, 0.25) is 0 Å². The van der Waals surface area contributed by atoms with Gasteiger partial charge in [0.1, 0.15) is 11.8 Å². The van der Waals surface area contributed by atoms with Gasteiger partial charge in [0.25, 0.3) is 0 Å². The highest BCUT2D eigenvalue weighted by atomic mass is 16.5. The molecule has 14 heavy (non-hydrogen) atoms. The predicted octanol–water partition coefficient (Wildman–Crippen LogP) is 1.83. The van der Waals surface area contributed by atoms with Crippen LogP contribution in [0.15, 0.2) is 24.3 Å². The molecule has 0 spiro atoms. The highest BCUT2D eigenvalue weighted by molar-refractivity contribution is 5.28. The number of hydrogen-bond acceptors (Lipinski definition) is 3. The molecule has 2 N–H and O–H groups in total. The van der Waals surface area contributed by atoms with Gasteiger partial charge in [-0.05, 0) is 24.1 Å². The minimum absolute atomic E-state index is 0.372. The third-order valence-electron chi connectivity index (χ3n) is 1.93. The van der Waals surface area contributed by atoms with Gasteiger partial charge < -0.3 is 10.5 Å². The van der Waals surface area contributed by atoms with Crippen molar-refractivity contribution in [3.8, 4) is 11.8 Å². The highest BCUT2D eigenvalue weighted by Crippen LogP contribution is 2.15. The van der Waals surface area contributed by atoms with E-state index in [0.29, 0.717) is 18.7 Å². The van der Waals surface area contributed by atoms with Crippen LogP contribution in [0.3, 0.4) is 0 Å². The summed E-state index contributed by atoms with van der Waals surface area (Å²) in [5, 5.41) is 8.71. The number of rotatable bonds is 4. The van der Waals surface area contributed by atoms with E-state index in [-0.39, 0.29) is 6.10 Å². The van der Waals surface area contributed by atoms with E-state index >= 15 is 0 Å². The molecule has 0 radical (unpaired) electrons. The van der Waals surface area contributed by atoms with Gasteiger partial charge in [-0.3, -0.25) is 0 Å². The summed E-state index contributed by atoms with van der Waals surface area (Å²) in [6, 6.07) is 9.59. The molecular formula is C11H14N2O. The van der Waals surface area contributed by atoms with Crippen LogP contribution in [0.1, 0.15) is 18.9 Å². The van der Waals surface area contributed by atoms with Crippen molar-refractivity contribution in [2.75, 3.05) is 0 Å². The standard InChI is InChI=1S/C11H14N2O/c1-2-10(8-13)14-11-5-3-4-9(6-11)7-12/h3-6,10H,2,7,12H2,1H3. The first-order valence-electron chi connectivity index (χ1n) is 4.65. The molecule has 0 saturated carbocycles. The fourth-order valence-electron chi connectivity index (χ4n) is 1.11. The molecule has 0 aromatic heterocycles. The maximum atomic E-state index is 8.71. The largest absolute Gasteiger partial charge is 0.476 e. The van der Waals surface area contributed by atoms with Gasteiger partial charge in [-0.2, -0.15) is 5.26 Å². The summed E-state index contributed by atoms with van der Waals surface area (Å²) in [4.78, 5) is 0. The fraction of sp³-hybridized carbons (Fsp3) is 0.364. The predicted molar refractivity (Wildman–Crippen MR) is 54.7 cm³/mol. The molecule has 0 aliphatic heterocycles. The van der Waals surface area contributed by atoms with Crippen molar-refractivity contribution in [3.63, 3.8) is 0 Å². The number of hydrogen-bond donors (Lipinski definition) is 1. The van der Waals surface area contributed by atoms with Crippen LogP contribution in [-0.2, 0) is 6.54 Å². The highest BCUT2D eigenvalue weighted by Gasteiger charge is 2.05. The number of nitrogens with two attached hydrogens (primary N) is 1. The Morgan fingerprint density at radius 3 is 2.93 bits per heavy atom. The molecule has 0 aliphatic carbocycles. The molecule has 0 heterocycles. The fourth-order valence-corrected chi connectivity index (χ4v) is 1.11. The Morgan fingerprint density at radius 2 is 2.36 bits per heavy atom. The summed E-state index contributed by atoms with van der Waals surface area (Å²) in [6.45, 7) is 2.40. The van der Waals surface area contributed by atoms with Gasteiger partial charge >= 0.3 is 0 Å². The lowest BCUT2D eigenvalue weighted by Crippen LogP contribution is -2.12. The first-order chi connectivity index (χ1) is 6.80. The van der Waals surface area contributed by atoms with Crippen molar-refractivity contribution in [1.82, 2.24) is 0 Å². The number of benzene rings is 1. The van der Waals surface area contributed by atoms with Crippen LogP contribution in [0.25, 0.3) is 0 Å². The second-order valence-corrected chi connectivity index (χ2v) is 3.00. The van der Waals surface area contributed by atoms with Crippen LogP contribution in [0, 0.1) is 11.3 Å². The molecule has 0 bridgehead atoms. The van der Waals surface area contributed by atoms with Crippen molar-refractivity contribution in [1.29, 1.82) is 5.26 Å². The third kappa shape index (κ3) is 2.75. The molecule has 0 fully saturated rings. The van der Waals surface area contributed by atoms with E-state index in [0.717, 1.165) is 5.56 Å². The Kier molecular flexibility index (Phi) is 3.96. The molecule has 1 aromatic rings. The molecule has 0 amide bonds. The average molecular weight is 190 g/mol. The summed E-state index contributed by atoms with van der Waals surface area (Å²) in [6.07, 6.45) is 0.312. The van der Waals surface area contributed by atoms with E-state index in [4.69, 9.17) is 15.7 Å². The molecule has 0 aliphatic rings. The first-order valence-corrected chi connectivity index (χ1v) is 4.65. The lowest BCUT2D eigenvalue weighted by molar-refractivity contribution is 0.251. The number of ether oxygens (including phenoxy) is 1. The van der Waals surface area contributed by atoms with E-state index in [9.17, 15) is 0 Å². The molecule has 1 unspecified atom stereocenters. The van der Waals surface area contributed by atoms with E-state index in [1.54, 1.807) is 0 Å². The minimum atomic E-state index is -0.372. The van der Waals surface area contributed by atoms with Crippen LogP contribution >= 0.6 is 0 Å². The molecule has 0 saturated heterocycles. The van der Waals surface area contributed by atoms with Crippen molar-refractivity contribution >= 4 is 0 Å². The molecule has 1 aromatic carbocycles. The van der Waals surface area contributed by atoms with E-state index in [1.807, 2.05) is 31.2 Å². The zero-order chi connectivity index (χ0) is 10.4. The summed E-state index contributed by atoms with van der Waals surface area (Å²) >= 11 is 0. The van der Waals surface area contributed by atoms with Gasteiger partial charge in [0.2, 0.25) is 0 Å². The summed E-state index contributed by atoms with van der Waals surface area (Å²) in [5.74, 6) is 0.710. The van der Waals surface area contributed by atoms with Gasteiger partial charge in [0, 0.05) is 6.54 Å². The van der Waals surface area contributed by atoms with E-state index < -0.39 is 0 Å². The monoisotopic (exact) mass is 190 g/mol. The molecule has 74 valence electrons. The van der Waals surface area contributed by atoms with Gasteiger partial charge in [-0.25, -0.2) is 0 Å². The van der Waals surface area contributed by atoms with Crippen molar-refractivity contribution in [3.05, 3.63) is 29.8 Å². The van der Waals surface area contributed by atoms with Crippen LogP contribution in [0.4, 0.5) is 0 Å². The first kappa shape index (κ1) is 10.6. The average Bonchev–Trinajstić information content (AvgIpc) is 2.26. The molecule has 3 nitrogen and oxygen atoms in total. The number of nitriles is 1. The lowest BCUT2D eigenvalue weighted by Gasteiger charge is -2.10. The summed E-state index contributed by atoms with van der Waals surface area (Å²) in [7, 11) is 0. The Balaban J connectivity index is 2.71. The van der Waals surface area contributed by atoms with Crippen LogP contribution in [0.5, 0.6) is 5.75 Å². The smallest absolute Gasteiger partial charge is 0.184 e. The van der Waals surface area contributed by atoms with Crippen molar-refractivity contribution < 1.29 is 4.74 Å². The zero-order valence-corrected chi connectivity index (χ0v) is 8.23. The Hall–Kier alpha value is -1.53. The van der Waals surface area contributed by atoms with Gasteiger partial charge in [-0.1, -0.05) is 19.1 Å². The third-order valence-corrected chi connectivity index (χ3v) is 1.93. The van der Waals surface area contributed by atoms with Gasteiger partial charge in [-0.15, -0.1) is 0 Å². The topological polar surface area (TPSA) is 59.0 Å². The van der Waals surface area contributed by atoms with Crippen LogP contribution < -0.4 is 10.5 Å². The van der Waals surface area contributed by atoms with Gasteiger partial charge in [0.15, 0.2) is 6.10 Å². The Morgan fingerprint density at radius 1 is 1.57 bits per heavy atom.